The maximum absolute atomic E-state index is 13.1. The van der Waals surface area contributed by atoms with E-state index in [9.17, 15) is 14.4 Å². The fourth-order valence-electron chi connectivity index (χ4n) is 3.81. The average Bonchev–Trinajstić information content (AvgIpc) is 2.73. The Morgan fingerprint density at radius 3 is 2.52 bits per heavy atom. The molecule has 1 aliphatic heterocycles. The molecule has 0 aromatic heterocycles. The molecular weight excluding hydrogens is 625 g/mol. The van der Waals surface area contributed by atoms with Crippen LogP contribution in [0.25, 0.3) is 0 Å². The van der Waals surface area contributed by atoms with Gasteiger partial charge < -0.3 is 15.2 Å². The predicted octanol–water partition coefficient (Wildman–Crippen LogP) is 5.43. The van der Waals surface area contributed by atoms with Gasteiger partial charge >= 0.3 is 0 Å². The Morgan fingerprint density at radius 1 is 1.19 bits per heavy atom. The lowest BCUT2D eigenvalue weighted by molar-refractivity contribution is -0.116. The van der Waals surface area contributed by atoms with E-state index < -0.39 is 5.92 Å². The number of benzene rings is 2. The number of nitrogens with zero attached hydrogens (tertiary/aromatic N) is 1. The molecule has 1 atom stereocenters. The molecule has 1 heterocycles. The van der Waals surface area contributed by atoms with Crippen molar-refractivity contribution in [3.05, 3.63) is 83.3 Å². The lowest BCUT2D eigenvalue weighted by Gasteiger charge is -2.31. The van der Waals surface area contributed by atoms with Crippen molar-refractivity contribution in [1.29, 1.82) is 5.26 Å². The molecule has 0 saturated heterocycles. The van der Waals surface area contributed by atoms with Crippen LogP contribution in [0.1, 0.15) is 36.3 Å². The Balaban J connectivity index is 1.69. The van der Waals surface area contributed by atoms with Gasteiger partial charge in [0.15, 0.2) is 5.78 Å². The summed E-state index contributed by atoms with van der Waals surface area (Å²) in [6, 6.07) is 12.1. The van der Waals surface area contributed by atoms with E-state index in [1.165, 1.54) is 12.1 Å². The van der Waals surface area contributed by atoms with Gasteiger partial charge in [-0.05, 0) is 87.0 Å². The Morgan fingerprint density at radius 2 is 1.87 bits per heavy atom. The molecule has 31 heavy (non-hydrogen) atoms. The molecule has 1 aliphatic carbocycles. The fraction of sp³-hybridized carbons (Fsp3) is 0.217. The quantitative estimate of drug-likeness (QED) is 0.450. The number of carbonyl (C=O) groups excluding carboxylic acids is 1. The number of hydrogen-bond donors (Lipinski definition) is 1. The first-order chi connectivity index (χ1) is 14.9. The molecule has 2 N–H and O–H groups in total. The van der Waals surface area contributed by atoms with Crippen LogP contribution in [0.3, 0.4) is 0 Å². The summed E-state index contributed by atoms with van der Waals surface area (Å²) in [5, 5.41) is 9.74. The largest absolute Gasteiger partial charge is 0.487 e. The summed E-state index contributed by atoms with van der Waals surface area (Å²) in [7, 11) is 0. The Kier molecular flexibility index (Phi) is 6.52. The van der Waals surface area contributed by atoms with Crippen LogP contribution in [-0.4, -0.2) is 5.78 Å². The minimum atomic E-state index is -0.547. The number of allylic oxidation sites excluding steroid dienone is 3. The second-order valence-corrected chi connectivity index (χ2v) is 9.59. The number of halogens is 3. The molecule has 0 unspecified atom stereocenters. The summed E-state index contributed by atoms with van der Waals surface area (Å²) in [6.45, 7) is 0.299. The van der Waals surface area contributed by atoms with Crippen LogP contribution < -0.4 is 10.5 Å². The van der Waals surface area contributed by atoms with Gasteiger partial charge in [0.1, 0.15) is 35.6 Å². The first-order valence-electron chi connectivity index (χ1n) is 9.59. The van der Waals surface area contributed by atoms with Gasteiger partial charge in [-0.25, -0.2) is 4.39 Å². The van der Waals surface area contributed by atoms with Crippen molar-refractivity contribution >= 4 is 51.0 Å². The van der Waals surface area contributed by atoms with Crippen molar-refractivity contribution in [2.75, 3.05) is 0 Å². The summed E-state index contributed by atoms with van der Waals surface area (Å²) < 4.78 is 26.4. The molecule has 0 bridgehead atoms. The summed E-state index contributed by atoms with van der Waals surface area (Å²) in [5.74, 6) is 0.478. The maximum Gasteiger partial charge on any atom is 0.205 e. The fourth-order valence-corrected chi connectivity index (χ4v) is 5.94. The molecule has 0 radical (unpaired) electrons. The van der Waals surface area contributed by atoms with E-state index in [2.05, 4.69) is 51.3 Å². The highest BCUT2D eigenvalue weighted by molar-refractivity contribution is 14.1. The van der Waals surface area contributed by atoms with Crippen LogP contribution in [0, 0.1) is 24.3 Å². The van der Waals surface area contributed by atoms with Crippen LogP contribution in [0.5, 0.6) is 5.75 Å². The summed E-state index contributed by atoms with van der Waals surface area (Å²) in [6.07, 6.45) is 1.78. The first kappa shape index (κ1) is 22.1. The summed E-state index contributed by atoms with van der Waals surface area (Å²) in [4.78, 5) is 12.7. The van der Waals surface area contributed by atoms with Gasteiger partial charge in [-0.15, -0.1) is 0 Å². The van der Waals surface area contributed by atoms with E-state index in [0.717, 1.165) is 18.3 Å². The Labute approximate surface area is 206 Å². The van der Waals surface area contributed by atoms with E-state index in [1.54, 1.807) is 12.1 Å². The number of nitriles is 1. The third kappa shape index (κ3) is 4.43. The number of hydrogen-bond acceptors (Lipinski definition) is 5. The topological polar surface area (TPSA) is 85.3 Å². The third-order valence-electron chi connectivity index (χ3n) is 5.26. The monoisotopic (exact) mass is 642 g/mol. The van der Waals surface area contributed by atoms with Crippen LogP contribution >= 0.6 is 45.2 Å². The van der Waals surface area contributed by atoms with Gasteiger partial charge in [-0.1, -0.05) is 12.1 Å². The summed E-state index contributed by atoms with van der Waals surface area (Å²) in [5.41, 5.74) is 8.47. The van der Waals surface area contributed by atoms with Crippen molar-refractivity contribution in [2.24, 2.45) is 5.73 Å². The molecule has 0 amide bonds. The molecule has 0 fully saturated rings. The van der Waals surface area contributed by atoms with E-state index in [1.807, 2.05) is 12.1 Å². The molecule has 8 heteroatoms. The highest BCUT2D eigenvalue weighted by Gasteiger charge is 2.38. The highest BCUT2D eigenvalue weighted by atomic mass is 127. The van der Waals surface area contributed by atoms with Crippen molar-refractivity contribution in [3.8, 4) is 11.8 Å². The molecular formula is C23H17FI2N2O3. The van der Waals surface area contributed by atoms with Gasteiger partial charge in [0, 0.05) is 18.4 Å². The maximum atomic E-state index is 13.1. The molecule has 0 saturated carbocycles. The zero-order valence-corrected chi connectivity index (χ0v) is 20.6. The molecule has 158 valence electrons. The van der Waals surface area contributed by atoms with Gasteiger partial charge in [0.2, 0.25) is 5.88 Å². The minimum absolute atomic E-state index is 0.00634. The van der Waals surface area contributed by atoms with Crippen molar-refractivity contribution in [2.45, 2.75) is 31.8 Å². The van der Waals surface area contributed by atoms with Crippen LogP contribution in [0.4, 0.5) is 4.39 Å². The molecule has 5 nitrogen and oxygen atoms in total. The van der Waals surface area contributed by atoms with Crippen LogP contribution in [0.2, 0.25) is 0 Å². The second-order valence-electron chi connectivity index (χ2n) is 7.27. The van der Waals surface area contributed by atoms with Crippen molar-refractivity contribution in [3.63, 3.8) is 0 Å². The number of rotatable bonds is 4. The van der Waals surface area contributed by atoms with Gasteiger partial charge in [0.05, 0.1) is 13.1 Å². The molecule has 2 aliphatic rings. The van der Waals surface area contributed by atoms with Gasteiger partial charge in [0.25, 0.3) is 0 Å². The van der Waals surface area contributed by atoms with Crippen molar-refractivity contribution < 1.29 is 18.7 Å². The lowest BCUT2D eigenvalue weighted by atomic mass is 9.77. The van der Waals surface area contributed by atoms with Crippen molar-refractivity contribution in [1.82, 2.24) is 0 Å². The third-order valence-corrected chi connectivity index (χ3v) is 6.86. The number of ketones is 1. The van der Waals surface area contributed by atoms with E-state index in [-0.39, 0.29) is 23.1 Å². The average molecular weight is 642 g/mol. The molecule has 0 spiro atoms. The standard InChI is InChI=1S/C23H17FI2N2O3/c24-14-6-4-12(5-7-14)11-30-22-16(25)8-13(9-17(22)26)20-15(10-27)23(28)31-19-3-1-2-18(29)21(19)20/h4-9,20H,1-3,11,28H2/t20-/m1/s1. The summed E-state index contributed by atoms with van der Waals surface area (Å²) >= 11 is 4.36. The van der Waals surface area contributed by atoms with E-state index in [4.69, 9.17) is 15.2 Å². The molecule has 2 aromatic rings. The molecule has 4 rings (SSSR count). The first-order valence-corrected chi connectivity index (χ1v) is 11.7. The van der Waals surface area contributed by atoms with E-state index >= 15 is 0 Å². The van der Waals surface area contributed by atoms with Gasteiger partial charge in [-0.2, -0.15) is 5.26 Å². The number of nitrogens with two attached hydrogens (primary N) is 1. The van der Waals surface area contributed by atoms with Crippen LogP contribution in [0.15, 0.2) is 59.2 Å². The minimum Gasteiger partial charge on any atom is -0.487 e. The molecule has 2 aromatic carbocycles. The second kappa shape index (κ2) is 9.16. The predicted molar refractivity (Wildman–Crippen MR) is 129 cm³/mol. The smallest absolute Gasteiger partial charge is 0.205 e. The van der Waals surface area contributed by atoms with E-state index in [0.29, 0.717) is 43.0 Å². The van der Waals surface area contributed by atoms with Crippen LogP contribution in [-0.2, 0) is 16.1 Å². The SMILES string of the molecule is N#CC1=C(N)OC2=C(C(=O)CCC2)[C@@H]1c1cc(I)c(OCc2ccc(F)cc2)c(I)c1. The highest BCUT2D eigenvalue weighted by Crippen LogP contribution is 2.45. The number of carbonyl (C=O) groups is 1. The number of Topliss-reactive ketones (excluding diaryl/α,β-unsaturated/α-hetero) is 1. The van der Waals surface area contributed by atoms with Gasteiger partial charge in [-0.3, -0.25) is 4.79 Å². The zero-order valence-electron chi connectivity index (χ0n) is 16.3. The zero-order chi connectivity index (χ0) is 22.1. The number of ether oxygens (including phenoxy) is 2. The lowest BCUT2D eigenvalue weighted by Crippen LogP contribution is -2.27. The Hall–Kier alpha value is -2.13. The normalized spacial score (nSPS) is 18.4. The Bertz CT molecular complexity index is 1140.